The molecule has 1 N–H and O–H groups in total. The molecule has 0 aromatic heterocycles. The lowest BCUT2D eigenvalue weighted by atomic mass is 9.84. The molecule has 2 atom stereocenters. The number of carbonyl (C=O) groups excluding carboxylic acids is 2. The van der Waals surface area contributed by atoms with Gasteiger partial charge in [0.2, 0.25) is 0 Å². The summed E-state index contributed by atoms with van der Waals surface area (Å²) in [6.07, 6.45) is 4.47. The summed E-state index contributed by atoms with van der Waals surface area (Å²) in [6.45, 7) is 6.62. The Morgan fingerprint density at radius 2 is 1.79 bits per heavy atom. The number of rotatable bonds is 7. The second kappa shape index (κ2) is 9.70. The number of nitriles is 1. The molecule has 3 rings (SSSR count). The third kappa shape index (κ3) is 5.56. The topological polar surface area (TPSA) is 76.4 Å². The molecule has 0 spiro atoms. The van der Waals surface area contributed by atoms with Gasteiger partial charge in [-0.2, -0.15) is 5.26 Å². The number of nitrogens with zero attached hydrogens (tertiary/aromatic N) is 3. The van der Waals surface area contributed by atoms with E-state index >= 15 is 0 Å². The predicted octanol–water partition coefficient (Wildman–Crippen LogP) is 3.49. The first-order valence-corrected chi connectivity index (χ1v) is 10.4. The fourth-order valence-corrected chi connectivity index (χ4v) is 4.47. The standard InChI is InChI=1S/C22H30N4O2/c1-2-4-21(27)5-3-10-25-13-18-11-19(14-25)16-26(15-18)22(28)24-20-8-6-17(12-23)7-9-20/h6-9,18-19H,2-5,10-11,13-16H2,1H3,(H,24,28). The Bertz CT molecular complexity index is 711. The van der Waals surface area contributed by atoms with Crippen molar-refractivity contribution in [3.8, 4) is 6.07 Å². The number of benzene rings is 1. The fourth-order valence-electron chi connectivity index (χ4n) is 4.47. The minimum Gasteiger partial charge on any atom is -0.324 e. The number of carbonyl (C=O) groups is 2. The minimum atomic E-state index is -0.0574. The van der Waals surface area contributed by atoms with E-state index in [9.17, 15) is 9.59 Å². The van der Waals surface area contributed by atoms with Crippen LogP contribution in [0.5, 0.6) is 0 Å². The normalized spacial score (nSPS) is 21.8. The van der Waals surface area contributed by atoms with Crippen LogP contribution in [0.15, 0.2) is 24.3 Å². The molecule has 1 aromatic carbocycles. The van der Waals surface area contributed by atoms with E-state index in [4.69, 9.17) is 5.26 Å². The molecule has 0 radical (unpaired) electrons. The average molecular weight is 383 g/mol. The number of urea groups is 1. The van der Waals surface area contributed by atoms with Crippen LogP contribution in [-0.2, 0) is 4.79 Å². The van der Waals surface area contributed by atoms with Gasteiger partial charge in [-0.25, -0.2) is 4.79 Å². The molecule has 2 aliphatic heterocycles. The van der Waals surface area contributed by atoms with Crippen LogP contribution in [0, 0.1) is 23.2 Å². The fraction of sp³-hybridized carbons (Fsp3) is 0.591. The first kappa shape index (κ1) is 20.3. The van der Waals surface area contributed by atoms with Gasteiger partial charge in [0.15, 0.2) is 0 Å². The van der Waals surface area contributed by atoms with Crippen molar-refractivity contribution in [2.45, 2.75) is 39.0 Å². The van der Waals surface area contributed by atoms with Gasteiger partial charge >= 0.3 is 6.03 Å². The summed E-state index contributed by atoms with van der Waals surface area (Å²) < 4.78 is 0. The molecular weight excluding hydrogens is 352 g/mol. The number of hydrogen-bond acceptors (Lipinski definition) is 4. The highest BCUT2D eigenvalue weighted by Gasteiger charge is 2.35. The van der Waals surface area contributed by atoms with Crippen molar-refractivity contribution in [1.29, 1.82) is 5.26 Å². The van der Waals surface area contributed by atoms with Gasteiger partial charge in [-0.3, -0.25) is 4.79 Å². The molecular formula is C22H30N4O2. The zero-order valence-electron chi connectivity index (χ0n) is 16.7. The molecule has 0 aliphatic carbocycles. The SMILES string of the molecule is CCCC(=O)CCCN1CC2CC(C1)CN(C(=O)Nc1ccc(C#N)cc1)C2. The number of hydrogen-bond donors (Lipinski definition) is 1. The predicted molar refractivity (Wildman–Crippen MR) is 109 cm³/mol. The molecule has 0 saturated carbocycles. The summed E-state index contributed by atoms with van der Waals surface area (Å²) in [6, 6.07) is 8.98. The Kier molecular flexibility index (Phi) is 7.05. The van der Waals surface area contributed by atoms with Crippen molar-refractivity contribution in [3.05, 3.63) is 29.8 Å². The zero-order valence-corrected chi connectivity index (χ0v) is 16.7. The molecule has 2 amide bonds. The number of nitrogens with one attached hydrogen (secondary N) is 1. The van der Waals surface area contributed by atoms with E-state index in [2.05, 4.69) is 16.3 Å². The Morgan fingerprint density at radius 3 is 2.39 bits per heavy atom. The van der Waals surface area contributed by atoms with Crippen LogP contribution in [0.25, 0.3) is 0 Å². The molecule has 2 unspecified atom stereocenters. The van der Waals surface area contributed by atoms with E-state index in [0.29, 0.717) is 36.0 Å². The van der Waals surface area contributed by atoms with Gasteiger partial charge in [0, 0.05) is 44.7 Å². The summed E-state index contributed by atoms with van der Waals surface area (Å²) in [5, 5.41) is 11.8. The monoisotopic (exact) mass is 382 g/mol. The largest absolute Gasteiger partial charge is 0.324 e. The van der Waals surface area contributed by atoms with Gasteiger partial charge in [0.05, 0.1) is 11.6 Å². The highest BCUT2D eigenvalue weighted by molar-refractivity contribution is 5.89. The number of ketones is 1. The minimum absolute atomic E-state index is 0.0574. The molecule has 2 fully saturated rings. The maximum absolute atomic E-state index is 12.6. The van der Waals surface area contributed by atoms with Crippen molar-refractivity contribution >= 4 is 17.5 Å². The van der Waals surface area contributed by atoms with E-state index in [0.717, 1.165) is 51.3 Å². The van der Waals surface area contributed by atoms with E-state index < -0.39 is 0 Å². The highest BCUT2D eigenvalue weighted by Crippen LogP contribution is 2.29. The maximum atomic E-state index is 12.6. The molecule has 6 nitrogen and oxygen atoms in total. The van der Waals surface area contributed by atoms with E-state index in [1.807, 2.05) is 11.8 Å². The summed E-state index contributed by atoms with van der Waals surface area (Å²) in [7, 11) is 0. The summed E-state index contributed by atoms with van der Waals surface area (Å²) in [5.74, 6) is 1.39. The Labute approximate surface area is 167 Å². The van der Waals surface area contributed by atoms with Gasteiger partial charge in [-0.15, -0.1) is 0 Å². The number of amides is 2. The summed E-state index contributed by atoms with van der Waals surface area (Å²) in [4.78, 5) is 28.8. The number of anilines is 1. The molecule has 150 valence electrons. The first-order valence-electron chi connectivity index (χ1n) is 10.4. The second-order valence-corrected chi connectivity index (χ2v) is 8.14. The van der Waals surface area contributed by atoms with Crippen LogP contribution in [0.4, 0.5) is 10.5 Å². The molecule has 2 heterocycles. The van der Waals surface area contributed by atoms with Crippen LogP contribution < -0.4 is 5.32 Å². The lowest BCUT2D eigenvalue weighted by Crippen LogP contribution is -2.55. The van der Waals surface area contributed by atoms with Crippen LogP contribution >= 0.6 is 0 Å². The molecule has 28 heavy (non-hydrogen) atoms. The second-order valence-electron chi connectivity index (χ2n) is 8.14. The quantitative estimate of drug-likeness (QED) is 0.783. The molecule has 2 saturated heterocycles. The third-order valence-corrected chi connectivity index (χ3v) is 5.67. The van der Waals surface area contributed by atoms with E-state index in [1.165, 1.54) is 6.42 Å². The van der Waals surface area contributed by atoms with E-state index in [1.54, 1.807) is 24.3 Å². The number of Topliss-reactive ketones (excluding diaryl/α,β-unsaturated/α-hetero) is 1. The molecule has 6 heteroatoms. The Balaban J connectivity index is 1.45. The Morgan fingerprint density at radius 1 is 1.11 bits per heavy atom. The van der Waals surface area contributed by atoms with Crippen LogP contribution in [0.3, 0.4) is 0 Å². The first-order chi connectivity index (χ1) is 13.6. The lowest BCUT2D eigenvalue weighted by Gasteiger charge is -2.45. The lowest BCUT2D eigenvalue weighted by molar-refractivity contribution is -0.119. The van der Waals surface area contributed by atoms with Gasteiger partial charge < -0.3 is 15.1 Å². The smallest absolute Gasteiger partial charge is 0.321 e. The zero-order chi connectivity index (χ0) is 19.9. The number of likely N-dealkylation sites (tertiary alicyclic amines) is 2. The van der Waals surface area contributed by atoms with Crippen molar-refractivity contribution in [3.63, 3.8) is 0 Å². The summed E-state index contributed by atoms with van der Waals surface area (Å²) >= 11 is 0. The number of piperidine rings is 2. The van der Waals surface area contributed by atoms with Crippen molar-refractivity contribution in [2.24, 2.45) is 11.8 Å². The third-order valence-electron chi connectivity index (χ3n) is 5.67. The van der Waals surface area contributed by atoms with E-state index in [-0.39, 0.29) is 6.03 Å². The van der Waals surface area contributed by atoms with Gasteiger partial charge in [0.25, 0.3) is 0 Å². The maximum Gasteiger partial charge on any atom is 0.321 e. The highest BCUT2D eigenvalue weighted by atomic mass is 16.2. The van der Waals surface area contributed by atoms with Crippen molar-refractivity contribution in [2.75, 3.05) is 38.0 Å². The van der Waals surface area contributed by atoms with Gasteiger partial charge in [-0.1, -0.05) is 6.92 Å². The molecule has 2 aliphatic rings. The Hall–Kier alpha value is -2.39. The average Bonchev–Trinajstić information content (AvgIpc) is 2.68. The van der Waals surface area contributed by atoms with Crippen molar-refractivity contribution < 1.29 is 9.59 Å². The van der Waals surface area contributed by atoms with Crippen molar-refractivity contribution in [1.82, 2.24) is 9.80 Å². The van der Waals surface area contributed by atoms with Crippen LogP contribution in [0.2, 0.25) is 0 Å². The van der Waals surface area contributed by atoms with Gasteiger partial charge in [-0.05, 0) is 61.9 Å². The van der Waals surface area contributed by atoms with Crippen LogP contribution in [0.1, 0.15) is 44.6 Å². The molecule has 2 bridgehead atoms. The summed E-state index contributed by atoms with van der Waals surface area (Å²) in [5.41, 5.74) is 1.31. The van der Waals surface area contributed by atoms with Crippen LogP contribution in [-0.4, -0.2) is 54.3 Å². The number of fused-ring (bicyclic) bond motifs is 2. The molecule has 1 aromatic rings. The van der Waals surface area contributed by atoms with Gasteiger partial charge in [0.1, 0.15) is 5.78 Å².